The predicted molar refractivity (Wildman–Crippen MR) is 245 cm³/mol. The van der Waals surface area contributed by atoms with Crippen LogP contribution in [0.2, 0.25) is 0 Å². The van der Waals surface area contributed by atoms with Crippen LogP contribution in [0.15, 0.2) is 53.8 Å². The van der Waals surface area contributed by atoms with Gasteiger partial charge in [-0.05, 0) is 114 Å². The Balaban J connectivity index is 1.02. The molecule has 5 aromatic rings. The van der Waals surface area contributed by atoms with E-state index in [0.29, 0.717) is 32.1 Å². The lowest BCUT2D eigenvalue weighted by Crippen LogP contribution is -2.48. The van der Waals surface area contributed by atoms with Crippen LogP contribution in [0.25, 0.3) is 33.4 Å². The molecule has 62 heavy (non-hydrogen) atoms. The van der Waals surface area contributed by atoms with Crippen LogP contribution in [-0.2, 0) is 16.1 Å². The number of H-pyrrole nitrogens is 1. The molecular weight excluding hydrogens is 799 g/mol. The average Bonchev–Trinajstić information content (AvgIpc) is 4.06. The highest BCUT2D eigenvalue weighted by atomic mass is 32.1. The number of nitrogens with one attached hydrogen (secondary N) is 3. The standard InChI is InChI=1S/C48H61N9O4S/c1-9-17-55(45(58)42(49-8)27(2)3)26-40-50-23-34(53-40)31-19-28(4)41-37-21-32-20-30(33-24-51-43(54-33)36-14-11-18-56(36)47(59)61-48(5,6)7)15-16-35(32)57(37)46(60-38(41)22-31)39-25-52-44(62-39)29-12-10-13-29/h15-16,19-23,25,27,29,33,36,42,46,49H,9-14,17-18,24,26H2,1-8H3,(H,50,53)(H,51,54)/t33?,36-,42?,46?/m0/s1. The van der Waals surface area contributed by atoms with Crippen LogP contribution in [0.3, 0.4) is 0 Å². The second kappa shape index (κ2) is 16.8. The fourth-order valence-corrected chi connectivity index (χ4v) is 10.7. The third-order valence-corrected chi connectivity index (χ3v) is 14.0. The van der Waals surface area contributed by atoms with Crippen LogP contribution in [0.5, 0.6) is 5.75 Å². The number of nitrogens with zero attached hydrogens (tertiary/aromatic N) is 6. The number of imidazole rings is 1. The van der Waals surface area contributed by atoms with Gasteiger partial charge < -0.3 is 30.0 Å². The number of fused-ring (bicyclic) bond motifs is 5. The molecule has 2 aromatic carbocycles. The molecule has 3 N–H and O–H groups in total. The Morgan fingerprint density at radius 2 is 1.90 bits per heavy atom. The number of amidine groups is 1. The van der Waals surface area contributed by atoms with Gasteiger partial charge in [-0.2, -0.15) is 0 Å². The Morgan fingerprint density at radius 3 is 2.63 bits per heavy atom. The number of aromatic nitrogens is 4. The maximum absolute atomic E-state index is 13.6. The number of thiazole rings is 1. The zero-order valence-corrected chi connectivity index (χ0v) is 38.2. The minimum atomic E-state index is -0.554. The molecule has 1 saturated heterocycles. The Labute approximate surface area is 368 Å². The number of aromatic amines is 1. The van der Waals surface area contributed by atoms with Gasteiger partial charge in [-0.3, -0.25) is 19.3 Å². The number of aryl methyl sites for hydroxylation is 1. The van der Waals surface area contributed by atoms with E-state index in [4.69, 9.17) is 24.4 Å². The summed E-state index contributed by atoms with van der Waals surface area (Å²) < 4.78 is 15.2. The Bertz CT molecular complexity index is 2510. The van der Waals surface area contributed by atoms with E-state index in [0.717, 1.165) is 86.1 Å². The van der Waals surface area contributed by atoms with Crippen LogP contribution in [-0.4, -0.2) is 91.5 Å². The highest BCUT2D eigenvalue weighted by Crippen LogP contribution is 2.49. The maximum Gasteiger partial charge on any atom is 0.410 e. The molecule has 0 bridgehead atoms. The van der Waals surface area contributed by atoms with Gasteiger partial charge >= 0.3 is 6.09 Å². The molecule has 3 unspecified atom stereocenters. The van der Waals surface area contributed by atoms with E-state index in [-0.39, 0.29) is 36.0 Å². The SMILES string of the molecule is CCCN(Cc1ncc(-c2cc(C)c3c(c2)OC(c2cnc(C4CCC4)s2)n2c-3cc3cc(C4CN=C([C@@H]5CCCN5C(=O)OC(C)(C)C)N4)ccc32)[nH]1)C(=O)C(NC)C(C)C. The summed E-state index contributed by atoms with van der Waals surface area (Å²) in [7, 11) is 1.85. The van der Waals surface area contributed by atoms with Crippen LogP contribution in [0.4, 0.5) is 4.79 Å². The summed E-state index contributed by atoms with van der Waals surface area (Å²) in [6, 6.07) is 13.0. The lowest BCUT2D eigenvalue weighted by molar-refractivity contribution is -0.135. The van der Waals surface area contributed by atoms with E-state index in [9.17, 15) is 9.59 Å². The minimum Gasteiger partial charge on any atom is -0.464 e. The largest absolute Gasteiger partial charge is 0.464 e. The van der Waals surface area contributed by atoms with Gasteiger partial charge in [0.05, 0.1) is 64.2 Å². The van der Waals surface area contributed by atoms with Gasteiger partial charge in [0.25, 0.3) is 0 Å². The fourth-order valence-electron chi connectivity index (χ4n) is 9.55. The second-order valence-electron chi connectivity index (χ2n) is 18.9. The Kier molecular flexibility index (Phi) is 11.4. The van der Waals surface area contributed by atoms with Crippen LogP contribution >= 0.6 is 11.3 Å². The van der Waals surface area contributed by atoms with Crippen molar-refractivity contribution < 1.29 is 19.1 Å². The first-order valence-electron chi connectivity index (χ1n) is 22.5. The first-order valence-corrected chi connectivity index (χ1v) is 23.3. The molecule has 9 rings (SSSR count). The molecule has 2 fully saturated rings. The lowest BCUT2D eigenvalue weighted by atomic mass is 9.86. The summed E-state index contributed by atoms with van der Waals surface area (Å²) in [5.41, 5.74) is 6.80. The zero-order valence-electron chi connectivity index (χ0n) is 37.4. The number of benzene rings is 2. The van der Waals surface area contributed by atoms with Crippen molar-refractivity contribution in [2.24, 2.45) is 10.9 Å². The summed E-state index contributed by atoms with van der Waals surface area (Å²) in [6.07, 6.45) is 9.48. The predicted octanol–water partition coefficient (Wildman–Crippen LogP) is 9.10. The third kappa shape index (κ3) is 8.00. The molecule has 1 aliphatic carbocycles. The first-order chi connectivity index (χ1) is 29.8. The lowest BCUT2D eigenvalue weighted by Gasteiger charge is -2.30. The van der Waals surface area contributed by atoms with Crippen LogP contribution in [0, 0.1) is 12.8 Å². The highest BCUT2D eigenvalue weighted by Gasteiger charge is 2.39. The van der Waals surface area contributed by atoms with Crippen molar-refractivity contribution in [3.05, 3.63) is 75.6 Å². The van der Waals surface area contributed by atoms with Crippen LogP contribution in [0.1, 0.15) is 125 Å². The van der Waals surface area contributed by atoms with E-state index in [2.05, 4.69) is 84.3 Å². The van der Waals surface area contributed by atoms with Gasteiger partial charge in [0, 0.05) is 41.7 Å². The number of aliphatic imine (C=N–C) groups is 1. The van der Waals surface area contributed by atoms with E-state index in [1.807, 2.05) is 50.0 Å². The molecule has 0 radical (unpaired) electrons. The number of carbonyl (C=O) groups excluding carboxylic acids is 2. The number of likely N-dealkylation sites (tertiary alicyclic amines) is 1. The van der Waals surface area contributed by atoms with Crippen molar-refractivity contribution in [1.29, 1.82) is 0 Å². The normalized spacial score (nSPS) is 20.4. The van der Waals surface area contributed by atoms with Crippen molar-refractivity contribution in [3.8, 4) is 28.3 Å². The van der Waals surface area contributed by atoms with Crippen molar-refractivity contribution in [2.75, 3.05) is 26.7 Å². The van der Waals surface area contributed by atoms with Gasteiger partial charge in [-0.25, -0.2) is 14.8 Å². The quantitative estimate of drug-likeness (QED) is 0.113. The maximum atomic E-state index is 13.6. The number of hydrogen-bond acceptors (Lipinski definition) is 10. The van der Waals surface area contributed by atoms with E-state index in [1.54, 1.807) is 11.3 Å². The summed E-state index contributed by atoms with van der Waals surface area (Å²) in [5.74, 6) is 3.21. The Hall–Kier alpha value is -5.21. The van der Waals surface area contributed by atoms with Crippen molar-refractivity contribution in [1.82, 2.24) is 40.0 Å². The number of carbonyl (C=O) groups is 2. The molecule has 0 spiro atoms. The van der Waals surface area contributed by atoms with Gasteiger partial charge in [0.15, 0.2) is 0 Å². The van der Waals surface area contributed by atoms with Gasteiger partial charge in [-0.1, -0.05) is 33.3 Å². The third-order valence-electron chi connectivity index (χ3n) is 12.8. The number of amides is 2. The monoisotopic (exact) mass is 859 g/mol. The molecular formula is C48H61N9O4S. The molecule has 1 saturated carbocycles. The molecule has 6 heterocycles. The number of ether oxygens (including phenoxy) is 2. The van der Waals surface area contributed by atoms with E-state index in [1.165, 1.54) is 24.3 Å². The summed E-state index contributed by atoms with van der Waals surface area (Å²) in [5, 5.41) is 9.22. The van der Waals surface area contributed by atoms with Crippen molar-refractivity contribution in [2.45, 2.75) is 129 Å². The Morgan fingerprint density at radius 1 is 1.08 bits per heavy atom. The summed E-state index contributed by atoms with van der Waals surface area (Å²) in [4.78, 5) is 49.7. The number of rotatable bonds is 12. The molecule has 4 atom stereocenters. The fraction of sp³-hybridized carbons (Fsp3) is 0.521. The summed E-state index contributed by atoms with van der Waals surface area (Å²) >= 11 is 1.77. The smallest absolute Gasteiger partial charge is 0.410 e. The molecule has 3 aliphatic heterocycles. The van der Waals surface area contributed by atoms with Crippen molar-refractivity contribution >= 4 is 40.1 Å². The average molecular weight is 860 g/mol. The topological polar surface area (TPSA) is 142 Å². The first kappa shape index (κ1) is 42.1. The number of hydrogen-bond donors (Lipinski definition) is 3. The van der Waals surface area contributed by atoms with Crippen molar-refractivity contribution in [3.63, 3.8) is 0 Å². The molecule has 2 amide bonds. The molecule has 14 heteroatoms. The van der Waals surface area contributed by atoms with Gasteiger partial charge in [-0.15, -0.1) is 11.3 Å². The highest BCUT2D eigenvalue weighted by molar-refractivity contribution is 7.11. The van der Waals surface area contributed by atoms with Crippen LogP contribution < -0.4 is 15.4 Å². The summed E-state index contributed by atoms with van der Waals surface area (Å²) in [6.45, 7) is 16.4. The van der Waals surface area contributed by atoms with E-state index < -0.39 is 11.8 Å². The number of likely N-dealkylation sites (N-methyl/N-ethyl adjacent to an activating group) is 1. The van der Waals surface area contributed by atoms with E-state index >= 15 is 0 Å². The second-order valence-corrected chi connectivity index (χ2v) is 19.9. The van der Waals surface area contributed by atoms with Gasteiger partial charge in [0.2, 0.25) is 12.1 Å². The molecule has 3 aromatic heterocycles. The minimum absolute atomic E-state index is 0.00557. The molecule has 4 aliphatic rings. The molecule has 328 valence electrons. The molecule has 13 nitrogen and oxygen atoms in total. The van der Waals surface area contributed by atoms with Gasteiger partial charge in [0.1, 0.15) is 23.0 Å². The zero-order chi connectivity index (χ0) is 43.4.